The first-order valence-electron chi connectivity index (χ1n) is 6.03. The maximum atomic E-state index is 10.1. The molecule has 0 N–H and O–H groups in total. The van der Waals surface area contributed by atoms with Gasteiger partial charge in [-0.1, -0.05) is 25.7 Å². The predicted molar refractivity (Wildman–Crippen MR) is 53.9 cm³/mol. The minimum Gasteiger partial charge on any atom is -0.550 e. The molecule has 0 aromatic rings. The molecule has 0 bridgehead atoms. The van der Waals surface area contributed by atoms with Gasteiger partial charge in [0, 0.05) is 11.9 Å². The van der Waals surface area contributed by atoms with Gasteiger partial charge in [0.15, 0.2) is 0 Å². The molecule has 17 heavy (non-hydrogen) atoms. The quantitative estimate of drug-likeness (QED) is 0.659. The molecule has 0 aromatic heterocycles. The molecule has 1 radical (unpaired) electrons. The Morgan fingerprint density at radius 2 is 0.941 bits per heavy atom. The van der Waals surface area contributed by atoms with Gasteiger partial charge in [-0.2, -0.15) is 0 Å². The van der Waals surface area contributed by atoms with Crippen LogP contribution >= 0.6 is 0 Å². The molecular formula is C12H18MnO4. The maximum absolute atomic E-state index is 10.1. The summed E-state index contributed by atoms with van der Waals surface area (Å²) >= 11 is 0. The number of carbonyl (C=O) groups is 2. The molecule has 2 aliphatic carbocycles. The summed E-state index contributed by atoms with van der Waals surface area (Å²) in [6.07, 6.45) is 7.61. The molecule has 5 heteroatoms. The van der Waals surface area contributed by atoms with Crippen molar-refractivity contribution in [2.24, 2.45) is 11.8 Å². The van der Waals surface area contributed by atoms with Gasteiger partial charge in [0.2, 0.25) is 0 Å². The van der Waals surface area contributed by atoms with Crippen LogP contribution in [0.25, 0.3) is 0 Å². The van der Waals surface area contributed by atoms with E-state index in [-0.39, 0.29) is 28.9 Å². The normalized spacial score (nSPS) is 20.2. The number of rotatable bonds is 2. The molecule has 0 saturated heterocycles. The van der Waals surface area contributed by atoms with E-state index in [1.807, 2.05) is 0 Å². The zero-order valence-electron chi connectivity index (χ0n) is 9.82. The monoisotopic (exact) mass is 281 g/mol. The van der Waals surface area contributed by atoms with Crippen molar-refractivity contribution in [3.63, 3.8) is 0 Å². The molecular weight excluding hydrogens is 263 g/mol. The number of hydrogen-bond donors (Lipinski definition) is 0. The Morgan fingerprint density at radius 1 is 0.706 bits per heavy atom. The van der Waals surface area contributed by atoms with Gasteiger partial charge >= 0.3 is 17.1 Å². The smallest absolute Gasteiger partial charge is 0.550 e. The molecule has 2 rings (SSSR count). The van der Waals surface area contributed by atoms with E-state index in [1.54, 1.807) is 0 Å². The van der Waals surface area contributed by atoms with E-state index >= 15 is 0 Å². The van der Waals surface area contributed by atoms with Crippen molar-refractivity contribution in [3.05, 3.63) is 0 Å². The summed E-state index contributed by atoms with van der Waals surface area (Å²) in [5.74, 6) is -1.98. The second kappa shape index (κ2) is 8.54. The zero-order chi connectivity index (χ0) is 12.0. The van der Waals surface area contributed by atoms with Gasteiger partial charge in [-0.05, 0) is 37.5 Å². The number of carbonyl (C=O) groups excluding carboxylic acids is 2. The van der Waals surface area contributed by atoms with Crippen LogP contribution in [0.3, 0.4) is 0 Å². The third kappa shape index (κ3) is 6.08. The molecule has 0 spiro atoms. The SMILES string of the molecule is O=C([O-])C1CCCC1.O=C([O-])C1CCCC1.[Mn+2]. The van der Waals surface area contributed by atoms with Crippen molar-refractivity contribution in [1.29, 1.82) is 0 Å². The first kappa shape index (κ1) is 16.5. The minimum atomic E-state index is -0.859. The van der Waals surface area contributed by atoms with Crippen LogP contribution in [0.15, 0.2) is 0 Å². The van der Waals surface area contributed by atoms with Crippen molar-refractivity contribution >= 4 is 11.9 Å². The Bertz CT molecular complexity index is 217. The Balaban J connectivity index is 0.000000284. The van der Waals surface area contributed by atoms with Gasteiger partial charge in [0.25, 0.3) is 0 Å². The Morgan fingerprint density at radius 3 is 1.06 bits per heavy atom. The van der Waals surface area contributed by atoms with Crippen molar-refractivity contribution in [2.75, 3.05) is 0 Å². The van der Waals surface area contributed by atoms with E-state index in [4.69, 9.17) is 0 Å². The van der Waals surface area contributed by atoms with Gasteiger partial charge in [-0.15, -0.1) is 0 Å². The summed E-state index contributed by atoms with van der Waals surface area (Å²) in [5.41, 5.74) is 0. The fourth-order valence-electron chi connectivity index (χ4n) is 2.32. The van der Waals surface area contributed by atoms with Crippen molar-refractivity contribution in [3.8, 4) is 0 Å². The van der Waals surface area contributed by atoms with Gasteiger partial charge in [-0.25, -0.2) is 0 Å². The molecule has 0 heterocycles. The predicted octanol–water partition coefficient (Wildman–Crippen LogP) is -0.150. The van der Waals surface area contributed by atoms with Crippen LogP contribution in [0.2, 0.25) is 0 Å². The van der Waals surface area contributed by atoms with E-state index in [9.17, 15) is 19.8 Å². The van der Waals surface area contributed by atoms with E-state index < -0.39 is 11.9 Å². The minimum absolute atomic E-state index is 0. The largest absolute Gasteiger partial charge is 2.00 e. The number of aliphatic carboxylic acids is 2. The topological polar surface area (TPSA) is 80.3 Å². The summed E-state index contributed by atoms with van der Waals surface area (Å²) in [5, 5.41) is 20.2. The second-order valence-corrected chi connectivity index (χ2v) is 4.60. The fraction of sp³-hybridized carbons (Fsp3) is 0.833. The number of carboxylic acid groups (broad SMARTS) is 2. The van der Waals surface area contributed by atoms with Crippen LogP contribution in [0.5, 0.6) is 0 Å². The Labute approximate surface area is 112 Å². The molecule has 0 aliphatic heterocycles. The molecule has 2 aliphatic rings. The summed E-state index contributed by atoms with van der Waals surface area (Å²) in [7, 11) is 0. The molecule has 2 saturated carbocycles. The van der Waals surface area contributed by atoms with E-state index in [0.717, 1.165) is 51.4 Å². The zero-order valence-corrected chi connectivity index (χ0v) is 11.0. The second-order valence-electron chi connectivity index (χ2n) is 4.60. The van der Waals surface area contributed by atoms with E-state index in [2.05, 4.69) is 0 Å². The van der Waals surface area contributed by atoms with E-state index in [1.165, 1.54) is 0 Å². The molecule has 4 nitrogen and oxygen atoms in total. The number of carboxylic acids is 2. The third-order valence-corrected chi connectivity index (χ3v) is 3.38. The molecule has 0 atom stereocenters. The van der Waals surface area contributed by atoms with Gasteiger partial charge in [-0.3, -0.25) is 0 Å². The summed E-state index contributed by atoms with van der Waals surface area (Å²) in [6, 6.07) is 0. The van der Waals surface area contributed by atoms with Crippen molar-refractivity contribution in [1.82, 2.24) is 0 Å². The summed E-state index contributed by atoms with van der Waals surface area (Å²) in [6.45, 7) is 0. The van der Waals surface area contributed by atoms with Crippen LogP contribution in [0, 0.1) is 11.8 Å². The van der Waals surface area contributed by atoms with Gasteiger partial charge in [0.1, 0.15) is 0 Å². The molecule has 0 aromatic carbocycles. The van der Waals surface area contributed by atoms with Crippen LogP contribution in [0.1, 0.15) is 51.4 Å². The van der Waals surface area contributed by atoms with E-state index in [0.29, 0.717) is 0 Å². The number of hydrogen-bond acceptors (Lipinski definition) is 4. The maximum Gasteiger partial charge on any atom is 2.00 e. The average molecular weight is 281 g/mol. The summed E-state index contributed by atoms with van der Waals surface area (Å²) < 4.78 is 0. The Hall–Kier alpha value is -0.541. The molecule has 97 valence electrons. The molecule has 0 amide bonds. The molecule has 2 fully saturated rings. The van der Waals surface area contributed by atoms with Crippen LogP contribution in [-0.4, -0.2) is 11.9 Å². The van der Waals surface area contributed by atoms with Crippen LogP contribution in [0.4, 0.5) is 0 Å². The van der Waals surface area contributed by atoms with Crippen molar-refractivity contribution < 1.29 is 36.9 Å². The molecule has 0 unspecified atom stereocenters. The standard InChI is InChI=1S/2C6H10O2.Mn/c2*7-6(8)5-3-1-2-4-5;/h2*5H,1-4H2,(H,7,8);/q;;+2/p-2. The van der Waals surface area contributed by atoms with Crippen molar-refractivity contribution in [2.45, 2.75) is 51.4 Å². The Kier molecular flexibility index (Phi) is 8.26. The third-order valence-electron chi connectivity index (χ3n) is 3.38. The fourth-order valence-corrected chi connectivity index (χ4v) is 2.32. The van der Waals surface area contributed by atoms with Gasteiger partial charge in [0.05, 0.1) is 0 Å². The van der Waals surface area contributed by atoms with Crippen LogP contribution in [-0.2, 0) is 26.7 Å². The van der Waals surface area contributed by atoms with Crippen LogP contribution < -0.4 is 10.2 Å². The first-order chi connectivity index (χ1) is 7.61. The summed E-state index contributed by atoms with van der Waals surface area (Å²) in [4.78, 5) is 20.2. The van der Waals surface area contributed by atoms with Gasteiger partial charge < -0.3 is 19.8 Å². The first-order valence-corrected chi connectivity index (χ1v) is 6.03. The average Bonchev–Trinajstić information content (AvgIpc) is 2.93.